The lowest BCUT2D eigenvalue weighted by atomic mass is 9.90. The second-order valence-electron chi connectivity index (χ2n) is 7.33. The van der Waals surface area contributed by atoms with E-state index in [9.17, 15) is 14.7 Å². The number of anilines is 1. The minimum atomic E-state index is -0.386. The molecule has 126 valence electrons. The minimum Gasteiger partial charge on any atom is -0.506 e. The number of nitrogens with zero attached hydrogens (tertiary/aromatic N) is 1. The van der Waals surface area contributed by atoms with Gasteiger partial charge < -0.3 is 15.3 Å². The van der Waals surface area contributed by atoms with Gasteiger partial charge in [0.05, 0.1) is 5.69 Å². The van der Waals surface area contributed by atoms with Crippen LogP contribution in [0.1, 0.15) is 39.2 Å². The number of hydrogen-bond acceptors (Lipinski definition) is 3. The summed E-state index contributed by atoms with van der Waals surface area (Å²) in [5.41, 5.74) is 0.992. The molecule has 2 N–H and O–H groups in total. The number of rotatable bonds is 2. The molecule has 2 rings (SSSR count). The fraction of sp³-hybridized carbons (Fsp3) is 0.556. The van der Waals surface area contributed by atoms with Crippen molar-refractivity contribution in [2.45, 2.75) is 40.5 Å². The standard InChI is InChI=1S/C18H26N2O3/c1-12-5-6-14(15(21)11-12)19-16(22)13-7-9-20(10-8-13)17(23)18(2,3)4/h5-6,11,13,21H,7-10H2,1-4H3,(H,19,22). The van der Waals surface area contributed by atoms with Gasteiger partial charge in [-0.15, -0.1) is 0 Å². The lowest BCUT2D eigenvalue weighted by Gasteiger charge is -2.35. The molecule has 0 radical (unpaired) electrons. The number of phenols is 1. The van der Waals surface area contributed by atoms with Crippen LogP contribution in [-0.4, -0.2) is 34.9 Å². The largest absolute Gasteiger partial charge is 0.506 e. The van der Waals surface area contributed by atoms with Crippen molar-refractivity contribution in [3.63, 3.8) is 0 Å². The molecule has 0 atom stereocenters. The maximum atomic E-state index is 12.4. The average Bonchev–Trinajstić information content (AvgIpc) is 2.48. The molecule has 23 heavy (non-hydrogen) atoms. The van der Waals surface area contributed by atoms with Gasteiger partial charge in [-0.2, -0.15) is 0 Å². The number of phenolic OH excluding ortho intramolecular Hbond substituents is 1. The number of benzene rings is 1. The first-order chi connectivity index (χ1) is 10.7. The number of aryl methyl sites for hydroxylation is 1. The summed E-state index contributed by atoms with van der Waals surface area (Å²) in [6, 6.07) is 5.18. The second-order valence-corrected chi connectivity index (χ2v) is 7.33. The third-order valence-electron chi connectivity index (χ3n) is 4.21. The van der Waals surface area contributed by atoms with Crippen molar-refractivity contribution >= 4 is 17.5 Å². The quantitative estimate of drug-likeness (QED) is 0.824. The fourth-order valence-electron chi connectivity index (χ4n) is 2.80. The zero-order valence-corrected chi connectivity index (χ0v) is 14.3. The number of aromatic hydroxyl groups is 1. The number of piperidine rings is 1. The van der Waals surface area contributed by atoms with Crippen molar-refractivity contribution in [2.24, 2.45) is 11.3 Å². The van der Waals surface area contributed by atoms with Gasteiger partial charge in [0.25, 0.3) is 0 Å². The highest BCUT2D eigenvalue weighted by Gasteiger charge is 2.32. The molecule has 1 aromatic carbocycles. The highest BCUT2D eigenvalue weighted by Crippen LogP contribution is 2.27. The van der Waals surface area contributed by atoms with Crippen molar-refractivity contribution in [3.8, 4) is 5.75 Å². The van der Waals surface area contributed by atoms with Gasteiger partial charge >= 0.3 is 0 Å². The Balaban J connectivity index is 1.92. The number of hydrogen-bond donors (Lipinski definition) is 2. The van der Waals surface area contributed by atoms with Gasteiger partial charge in [0.2, 0.25) is 11.8 Å². The van der Waals surface area contributed by atoms with Crippen LogP contribution in [0, 0.1) is 18.3 Å². The minimum absolute atomic E-state index is 0.0821. The molecule has 1 aliphatic heterocycles. The summed E-state index contributed by atoms with van der Waals surface area (Å²) >= 11 is 0. The van der Waals surface area contributed by atoms with Gasteiger partial charge in [-0.05, 0) is 37.5 Å². The molecule has 1 aromatic rings. The molecule has 0 spiro atoms. The number of carbonyl (C=O) groups is 2. The third-order valence-corrected chi connectivity index (χ3v) is 4.21. The van der Waals surface area contributed by atoms with E-state index in [0.29, 0.717) is 31.6 Å². The average molecular weight is 318 g/mol. The molecule has 1 saturated heterocycles. The maximum Gasteiger partial charge on any atom is 0.227 e. The first-order valence-electron chi connectivity index (χ1n) is 8.08. The summed E-state index contributed by atoms with van der Waals surface area (Å²) in [7, 11) is 0. The third kappa shape index (κ3) is 4.24. The molecule has 0 aromatic heterocycles. The van der Waals surface area contributed by atoms with Crippen LogP contribution >= 0.6 is 0 Å². The van der Waals surface area contributed by atoms with Crippen molar-refractivity contribution in [1.82, 2.24) is 4.90 Å². The highest BCUT2D eigenvalue weighted by molar-refractivity contribution is 5.94. The molecular weight excluding hydrogens is 292 g/mol. The Kier molecular flexibility index (Phi) is 4.97. The first-order valence-corrected chi connectivity index (χ1v) is 8.08. The fourth-order valence-corrected chi connectivity index (χ4v) is 2.80. The SMILES string of the molecule is Cc1ccc(NC(=O)C2CCN(C(=O)C(C)(C)C)CC2)c(O)c1. The molecular formula is C18H26N2O3. The van der Waals surface area contributed by atoms with Crippen LogP contribution < -0.4 is 5.32 Å². The van der Waals surface area contributed by atoms with E-state index < -0.39 is 0 Å². The number of likely N-dealkylation sites (tertiary alicyclic amines) is 1. The summed E-state index contributed by atoms with van der Waals surface area (Å²) in [5.74, 6) is -0.00188. The van der Waals surface area contributed by atoms with Crippen LogP contribution in [0.2, 0.25) is 0 Å². The molecule has 0 unspecified atom stereocenters. The monoisotopic (exact) mass is 318 g/mol. The van der Waals surface area contributed by atoms with Gasteiger partial charge in [-0.25, -0.2) is 0 Å². The number of nitrogens with one attached hydrogen (secondary N) is 1. The molecule has 1 fully saturated rings. The van der Waals surface area contributed by atoms with Crippen LogP contribution in [-0.2, 0) is 9.59 Å². The summed E-state index contributed by atoms with van der Waals surface area (Å²) in [5, 5.41) is 12.7. The van der Waals surface area contributed by atoms with Crippen molar-refractivity contribution in [3.05, 3.63) is 23.8 Å². The van der Waals surface area contributed by atoms with E-state index in [1.54, 1.807) is 12.1 Å². The molecule has 0 bridgehead atoms. The van der Waals surface area contributed by atoms with Crippen molar-refractivity contribution < 1.29 is 14.7 Å². The Hall–Kier alpha value is -2.04. The molecule has 5 heteroatoms. The zero-order valence-electron chi connectivity index (χ0n) is 14.3. The van der Waals surface area contributed by atoms with E-state index in [2.05, 4.69) is 5.32 Å². The van der Waals surface area contributed by atoms with Crippen molar-refractivity contribution in [1.29, 1.82) is 0 Å². The maximum absolute atomic E-state index is 12.4. The van der Waals surface area contributed by atoms with E-state index in [4.69, 9.17) is 0 Å². The van der Waals surface area contributed by atoms with Gasteiger partial charge in [-0.1, -0.05) is 26.8 Å². The predicted octanol–water partition coefficient (Wildman–Crippen LogP) is 2.92. The molecule has 5 nitrogen and oxygen atoms in total. The summed E-state index contributed by atoms with van der Waals surface area (Å²) in [6.07, 6.45) is 1.31. The van der Waals surface area contributed by atoms with E-state index in [0.717, 1.165) is 5.56 Å². The van der Waals surface area contributed by atoms with Crippen LogP contribution in [0.3, 0.4) is 0 Å². The molecule has 1 heterocycles. The lowest BCUT2D eigenvalue weighted by Crippen LogP contribution is -2.45. The Morgan fingerprint density at radius 3 is 2.35 bits per heavy atom. The zero-order chi connectivity index (χ0) is 17.2. The normalized spacial score (nSPS) is 16.3. The highest BCUT2D eigenvalue weighted by atomic mass is 16.3. The van der Waals surface area contributed by atoms with Crippen LogP contribution in [0.25, 0.3) is 0 Å². The Morgan fingerprint density at radius 1 is 1.22 bits per heavy atom. The van der Waals surface area contributed by atoms with Gasteiger partial charge in [0.1, 0.15) is 5.75 Å². The summed E-state index contributed by atoms with van der Waals surface area (Å²) in [6.45, 7) is 8.83. The van der Waals surface area contributed by atoms with E-state index in [1.165, 1.54) is 0 Å². The second kappa shape index (κ2) is 6.60. The first kappa shape index (κ1) is 17.3. The summed E-state index contributed by atoms with van der Waals surface area (Å²) in [4.78, 5) is 26.4. The van der Waals surface area contributed by atoms with E-state index in [-0.39, 0.29) is 28.9 Å². The Bertz CT molecular complexity index is 597. The molecule has 0 saturated carbocycles. The van der Waals surface area contributed by atoms with Gasteiger partial charge in [-0.3, -0.25) is 9.59 Å². The lowest BCUT2D eigenvalue weighted by molar-refractivity contribution is -0.142. The predicted molar refractivity (Wildman–Crippen MR) is 90.2 cm³/mol. The summed E-state index contributed by atoms with van der Waals surface area (Å²) < 4.78 is 0. The smallest absolute Gasteiger partial charge is 0.227 e. The van der Waals surface area contributed by atoms with E-state index in [1.807, 2.05) is 38.7 Å². The van der Waals surface area contributed by atoms with Gasteiger partial charge in [0.15, 0.2) is 0 Å². The number of amides is 2. The molecule has 1 aliphatic rings. The molecule has 2 amide bonds. The van der Waals surface area contributed by atoms with E-state index >= 15 is 0 Å². The van der Waals surface area contributed by atoms with Crippen LogP contribution in [0.4, 0.5) is 5.69 Å². The molecule has 0 aliphatic carbocycles. The Morgan fingerprint density at radius 2 is 1.83 bits per heavy atom. The Labute approximate surface area is 137 Å². The van der Waals surface area contributed by atoms with Crippen molar-refractivity contribution in [2.75, 3.05) is 18.4 Å². The van der Waals surface area contributed by atoms with Crippen LogP contribution in [0.15, 0.2) is 18.2 Å². The number of carbonyl (C=O) groups excluding carboxylic acids is 2. The topological polar surface area (TPSA) is 69.6 Å². The van der Waals surface area contributed by atoms with Crippen LogP contribution in [0.5, 0.6) is 5.75 Å². The van der Waals surface area contributed by atoms with Gasteiger partial charge in [0, 0.05) is 24.4 Å².